The van der Waals surface area contributed by atoms with E-state index in [4.69, 9.17) is 80.5 Å². The van der Waals surface area contributed by atoms with Crippen LogP contribution in [0, 0.1) is 0 Å². The lowest BCUT2D eigenvalue weighted by atomic mass is 9.93. The van der Waals surface area contributed by atoms with Crippen molar-refractivity contribution in [2.24, 2.45) is 0 Å². The van der Waals surface area contributed by atoms with Gasteiger partial charge in [0, 0.05) is 27.7 Å². The van der Waals surface area contributed by atoms with E-state index in [2.05, 4.69) is 29.6 Å². The standard InChI is InChI=1S/C62H104N4O49S2/c1-14-31(75)39(83)42(86)58(99-14)110-49-29(65-19(6)73)56(103-22(9-68)35(49)79)109-48-28(64-18(5)72)57(104-21(8-67)34(48)78)113-52-37(81)24(11-70)106-62(53(52)114-60-44(88)41(85)33(77)16(3)101-60)111-47-27(63-17(4)71)54(90)102-25(38(47)82)12-97-55-30(66-20(7)74)50(112-59-43(87)40(84)32(76)15(2)100-59)46(26(107-55)13-98-116(91,92)93)108-61-45(89)51(115-117(94,95)96)36(80)23(10-69)105-61/h14-16,21-62,67-70,75-90H,8-13H2,1-7H3,(H,63,71)(H,64,72)(H,65,73)(H,66,74)(H,91,92,93)(H,94,95,96)/t14-,15-,16-,21+,22+,23+,24+,25+,26+,27+,28+,29+,30+,31+,32+,33+,34-,35+,36-,37-,38-,39+,40+,41+,42-,43-,44-,45+,46+,47+,48+,49+,50+,51-,52-,53+,54+,55+,56+,57+,58-,59-,60-,61-,62-/m0/s1. The lowest BCUT2D eigenvalue weighted by Gasteiger charge is -2.52. The molecule has 9 aliphatic heterocycles. The zero-order valence-electron chi connectivity index (χ0n) is 62.9. The summed E-state index contributed by atoms with van der Waals surface area (Å²) in [6, 6.07) is -8.07. The van der Waals surface area contributed by atoms with Gasteiger partial charge in [-0.3, -0.25) is 28.3 Å². The monoisotopic (exact) mass is 1750 g/mol. The van der Waals surface area contributed by atoms with Gasteiger partial charge in [0.25, 0.3) is 0 Å². The molecule has 55 heteroatoms. The van der Waals surface area contributed by atoms with Crippen molar-refractivity contribution in [3.8, 4) is 0 Å². The maximum Gasteiger partial charge on any atom is 0.397 e. The first-order valence-corrected chi connectivity index (χ1v) is 39.2. The fourth-order valence-corrected chi connectivity index (χ4v) is 15.5. The Kier molecular flexibility index (Phi) is 33.9. The second-order valence-corrected chi connectivity index (χ2v) is 31.3. The number of hydrogen-bond donors (Lipinski definition) is 26. The van der Waals surface area contributed by atoms with Crippen LogP contribution in [0.3, 0.4) is 0 Å². The number of amides is 4. The lowest BCUT2D eigenvalue weighted by molar-refractivity contribution is -0.400. The average Bonchev–Trinajstić information content (AvgIpc) is 0.760. The molecule has 9 heterocycles. The molecule has 0 bridgehead atoms. The van der Waals surface area contributed by atoms with Gasteiger partial charge in [-0.25, -0.2) is 8.37 Å². The van der Waals surface area contributed by atoms with Gasteiger partial charge >= 0.3 is 20.8 Å². The molecule has 9 rings (SSSR count). The fraction of sp³-hybridized carbons (Fsp3) is 0.935. The third-order valence-electron chi connectivity index (χ3n) is 20.6. The maximum atomic E-state index is 13.5. The summed E-state index contributed by atoms with van der Waals surface area (Å²) in [6.45, 7) is -0.277. The molecule has 4 amide bonds. The fourth-order valence-electron chi connectivity index (χ4n) is 14.7. The molecule has 26 N–H and O–H groups in total. The van der Waals surface area contributed by atoms with E-state index in [0.717, 1.165) is 27.7 Å². The summed E-state index contributed by atoms with van der Waals surface area (Å²) in [5.74, 6) is -4.03. The molecule has 0 aromatic heterocycles. The first kappa shape index (κ1) is 97.0. The Morgan fingerprint density at radius 2 is 0.598 bits per heavy atom. The summed E-state index contributed by atoms with van der Waals surface area (Å²) in [5.41, 5.74) is 0. The molecule has 45 atom stereocenters. The van der Waals surface area contributed by atoms with Gasteiger partial charge in [0.1, 0.15) is 201 Å². The van der Waals surface area contributed by atoms with Crippen molar-refractivity contribution in [2.75, 3.05) is 39.6 Å². The van der Waals surface area contributed by atoms with E-state index >= 15 is 0 Å². The predicted octanol–water partition coefficient (Wildman–Crippen LogP) is -17.3. The van der Waals surface area contributed by atoms with Crippen LogP contribution in [0.2, 0.25) is 0 Å². The first-order chi connectivity index (χ1) is 54.7. The Balaban J connectivity index is 1.08. The van der Waals surface area contributed by atoms with Crippen LogP contribution in [0.5, 0.6) is 0 Å². The summed E-state index contributed by atoms with van der Waals surface area (Å²) in [7, 11) is -11.2. The van der Waals surface area contributed by atoms with Gasteiger partial charge in [-0.1, -0.05) is 0 Å². The molecule has 0 unspecified atom stereocenters. The maximum absolute atomic E-state index is 13.5. The summed E-state index contributed by atoms with van der Waals surface area (Å²) < 4.78 is 180. The van der Waals surface area contributed by atoms with Crippen molar-refractivity contribution in [2.45, 2.75) is 325 Å². The molecular weight excluding hydrogens is 1650 g/mol. The third-order valence-corrected chi connectivity index (χ3v) is 21.5. The van der Waals surface area contributed by atoms with Crippen LogP contribution in [-0.4, -0.2) is 467 Å². The highest BCUT2D eigenvalue weighted by atomic mass is 32.3. The zero-order chi connectivity index (χ0) is 86.8. The minimum Gasteiger partial charge on any atom is -0.394 e. The van der Waals surface area contributed by atoms with Crippen molar-refractivity contribution < 1.29 is 236 Å². The number of ether oxygens (including phenoxy) is 17. The Labute approximate surface area is 664 Å². The second kappa shape index (κ2) is 40.9. The SMILES string of the molecule is CC(=O)N[C@@H]1[C@@H](O[C@@H]2O[C@H](CO)[C@H](O)[C@H](O[C@H]3O[C@H](CO)[C@H](O)[C@H](O[C@H]4O[C@H](CO)[C@@H](O)[C@H](O[C@@H]5O[C@@H](C)[C@@H](O)[C@@H](O)[C@@H]5O)[C@H]4NC(C)=O)[C@H]3NC(C)=O)[C@H]2O[C@@H]2O[C@@H](C)[C@@H](O)[C@@H](O)[C@@H]2O)[C@@H](O)[C@@H](CO[C@@H]2O[C@H](COS(=O)(=O)O)[C@@H](O[C@@H]3O[C@H](CO)[C@H](O)[C@H](OS(=O)(=O)O)[C@H]3O)[C@H](O[C@@H]3O[C@@H](C)[C@@H](O)[C@@H](O)[C@@H]3O)[C@H]2NC(C)=O)O[C@H]1O. The van der Waals surface area contributed by atoms with Crippen LogP contribution in [0.4, 0.5) is 0 Å². The van der Waals surface area contributed by atoms with E-state index in [1.807, 2.05) is 0 Å². The molecule has 678 valence electrons. The molecule has 0 aromatic carbocycles. The second-order valence-electron chi connectivity index (χ2n) is 29.1. The van der Waals surface area contributed by atoms with E-state index in [0.29, 0.717) is 0 Å². The number of aliphatic hydroxyl groups is 20. The highest BCUT2D eigenvalue weighted by molar-refractivity contribution is 7.81. The summed E-state index contributed by atoms with van der Waals surface area (Å²) in [6.07, 6.45) is -87.2. The molecule has 53 nitrogen and oxygen atoms in total. The first-order valence-electron chi connectivity index (χ1n) is 36.5. The molecule has 0 spiro atoms. The highest BCUT2D eigenvalue weighted by Gasteiger charge is 2.62. The van der Waals surface area contributed by atoms with Gasteiger partial charge in [0.05, 0.1) is 58.0 Å². The van der Waals surface area contributed by atoms with E-state index < -0.39 is 360 Å². The van der Waals surface area contributed by atoms with Gasteiger partial charge in [0.2, 0.25) is 23.6 Å². The molecule has 117 heavy (non-hydrogen) atoms. The van der Waals surface area contributed by atoms with Crippen LogP contribution >= 0.6 is 0 Å². The Morgan fingerprint density at radius 3 is 1.01 bits per heavy atom. The molecule has 9 saturated heterocycles. The van der Waals surface area contributed by atoms with Crippen molar-refractivity contribution >= 4 is 44.4 Å². The number of rotatable bonds is 30. The van der Waals surface area contributed by atoms with Crippen LogP contribution in [-0.2, 0) is 129 Å². The van der Waals surface area contributed by atoms with Crippen molar-refractivity contribution in [1.29, 1.82) is 0 Å². The Morgan fingerprint density at radius 1 is 0.291 bits per heavy atom. The summed E-state index contributed by atoms with van der Waals surface area (Å²) in [5, 5.41) is 234. The summed E-state index contributed by atoms with van der Waals surface area (Å²) in [4.78, 5) is 53.1. The number of carbonyl (C=O) groups excluding carboxylic acids is 4. The van der Waals surface area contributed by atoms with E-state index in [-0.39, 0.29) is 0 Å². The van der Waals surface area contributed by atoms with Crippen LogP contribution in [0.15, 0.2) is 0 Å². The number of aliphatic hydroxyl groups excluding tert-OH is 20. The van der Waals surface area contributed by atoms with Crippen LogP contribution < -0.4 is 21.3 Å². The van der Waals surface area contributed by atoms with E-state index in [9.17, 15) is 147 Å². The van der Waals surface area contributed by atoms with Gasteiger partial charge in [-0.2, -0.15) is 16.8 Å². The van der Waals surface area contributed by atoms with Crippen molar-refractivity contribution in [3.05, 3.63) is 0 Å². The molecule has 0 saturated carbocycles. The smallest absolute Gasteiger partial charge is 0.394 e. The highest BCUT2D eigenvalue weighted by Crippen LogP contribution is 2.41. The lowest BCUT2D eigenvalue weighted by Crippen LogP contribution is -2.72. The molecule has 0 aliphatic carbocycles. The minimum absolute atomic E-state index is 0.856. The molecule has 9 aliphatic rings. The molecule has 0 radical (unpaired) electrons. The van der Waals surface area contributed by atoms with Crippen molar-refractivity contribution in [1.82, 2.24) is 21.3 Å². The van der Waals surface area contributed by atoms with Crippen LogP contribution in [0.1, 0.15) is 48.5 Å². The topological polar surface area (TPSA) is 805 Å². The number of carbonyl (C=O) groups is 4. The minimum atomic E-state index is -5.62. The van der Waals surface area contributed by atoms with Gasteiger partial charge in [-0.15, -0.1) is 0 Å². The van der Waals surface area contributed by atoms with Crippen LogP contribution in [0.25, 0.3) is 0 Å². The summed E-state index contributed by atoms with van der Waals surface area (Å²) >= 11 is 0. The van der Waals surface area contributed by atoms with Gasteiger partial charge in [-0.05, 0) is 20.8 Å². The van der Waals surface area contributed by atoms with Gasteiger partial charge in [0.15, 0.2) is 56.6 Å². The quantitative estimate of drug-likeness (QED) is 0.0297. The third kappa shape index (κ3) is 22.8. The predicted molar refractivity (Wildman–Crippen MR) is 360 cm³/mol. The number of hydrogen-bond acceptors (Lipinski definition) is 47. The normalized spacial score (nSPS) is 47.6. The Hall–Kier alpha value is -3.86. The molecule has 0 aromatic rings. The van der Waals surface area contributed by atoms with Crippen molar-refractivity contribution in [3.63, 3.8) is 0 Å². The number of nitrogens with one attached hydrogen (secondary N) is 4. The van der Waals surface area contributed by atoms with E-state index in [1.54, 1.807) is 0 Å². The largest absolute Gasteiger partial charge is 0.397 e. The molecular formula is C62H104N4O49S2. The average molecular weight is 1750 g/mol. The molecule has 9 fully saturated rings. The van der Waals surface area contributed by atoms with Gasteiger partial charge < -0.3 is 204 Å². The van der Waals surface area contributed by atoms with E-state index in [1.165, 1.54) is 20.8 Å². The Bertz CT molecular complexity index is 3470. The zero-order valence-corrected chi connectivity index (χ0v) is 64.5.